The summed E-state index contributed by atoms with van der Waals surface area (Å²) in [6.07, 6.45) is 0.936. The molecule has 0 bridgehead atoms. The van der Waals surface area contributed by atoms with Crippen LogP contribution in [0.15, 0.2) is 53.4 Å². The van der Waals surface area contributed by atoms with Crippen LogP contribution >= 0.6 is 0 Å². The number of benzene rings is 2. The first-order valence-corrected chi connectivity index (χ1v) is 10.9. The second-order valence-electron chi connectivity index (χ2n) is 6.95. The summed E-state index contributed by atoms with van der Waals surface area (Å²) in [5.74, 6) is -0.275. The van der Waals surface area contributed by atoms with Gasteiger partial charge in [0.25, 0.3) is 11.8 Å². The minimum atomic E-state index is -3.67. The van der Waals surface area contributed by atoms with Gasteiger partial charge in [-0.1, -0.05) is 38.1 Å². The van der Waals surface area contributed by atoms with Gasteiger partial charge >= 0.3 is 0 Å². The molecule has 0 saturated heterocycles. The molecule has 30 heavy (non-hydrogen) atoms. The normalized spacial score (nSPS) is 12.3. The smallest absolute Gasteiger partial charge is 0.276 e. The van der Waals surface area contributed by atoms with Crippen LogP contribution in [-0.4, -0.2) is 45.2 Å². The molecule has 0 aromatic heterocycles. The lowest BCUT2D eigenvalue weighted by atomic mass is 9.98. The largest absolute Gasteiger partial charge is 0.483 e. The molecule has 2 rings (SSSR count). The number of sulfonamides is 1. The maximum Gasteiger partial charge on any atom is 0.276 e. The summed E-state index contributed by atoms with van der Waals surface area (Å²) in [7, 11) is -0.862. The Bertz CT molecular complexity index is 1010. The minimum absolute atomic E-state index is 0.0172. The standard InChI is InChI=1S/C21H27N3O5S/c1-5-15(2)18-11-6-7-12-19(18)29-14-20(25)22-23-21(26)16-9-8-10-17(13-16)30(27,28)24(3)4/h6-13,15H,5,14H2,1-4H3,(H,22,25)(H,23,26). The summed E-state index contributed by atoms with van der Waals surface area (Å²) in [6, 6.07) is 13.1. The van der Waals surface area contributed by atoms with Gasteiger partial charge in [-0.15, -0.1) is 0 Å². The molecule has 0 aliphatic carbocycles. The van der Waals surface area contributed by atoms with Crippen molar-refractivity contribution in [3.05, 3.63) is 59.7 Å². The van der Waals surface area contributed by atoms with E-state index < -0.39 is 21.8 Å². The third kappa shape index (κ3) is 5.80. The predicted octanol–water partition coefficient (Wildman–Crippen LogP) is 2.29. The van der Waals surface area contributed by atoms with Crippen LogP contribution in [0.4, 0.5) is 0 Å². The molecule has 2 aromatic carbocycles. The van der Waals surface area contributed by atoms with Crippen molar-refractivity contribution in [3.63, 3.8) is 0 Å². The quantitative estimate of drug-likeness (QED) is 0.622. The molecular weight excluding hydrogens is 406 g/mol. The van der Waals surface area contributed by atoms with Crippen LogP contribution in [0.1, 0.15) is 42.1 Å². The molecule has 9 heteroatoms. The van der Waals surface area contributed by atoms with Gasteiger partial charge in [0, 0.05) is 19.7 Å². The fraction of sp³-hybridized carbons (Fsp3) is 0.333. The van der Waals surface area contributed by atoms with Crippen LogP contribution in [0.2, 0.25) is 0 Å². The maximum absolute atomic E-state index is 12.3. The van der Waals surface area contributed by atoms with Crippen molar-refractivity contribution in [1.82, 2.24) is 15.2 Å². The average Bonchev–Trinajstić information content (AvgIpc) is 2.75. The third-order valence-electron chi connectivity index (χ3n) is 4.61. The van der Waals surface area contributed by atoms with E-state index in [1.165, 1.54) is 38.4 Å². The summed E-state index contributed by atoms with van der Waals surface area (Å²) in [5, 5.41) is 0. The number of carbonyl (C=O) groups excluding carboxylic acids is 2. The van der Waals surface area contributed by atoms with Gasteiger partial charge in [0.05, 0.1) is 4.90 Å². The highest BCUT2D eigenvalue weighted by molar-refractivity contribution is 7.89. The number of nitrogens with one attached hydrogen (secondary N) is 2. The zero-order valence-corrected chi connectivity index (χ0v) is 18.3. The molecule has 0 aliphatic rings. The molecule has 1 atom stereocenters. The number of carbonyl (C=O) groups is 2. The Labute approximate surface area is 177 Å². The van der Waals surface area contributed by atoms with Crippen LogP contribution in [0.5, 0.6) is 5.75 Å². The topological polar surface area (TPSA) is 105 Å². The highest BCUT2D eigenvalue weighted by Gasteiger charge is 2.19. The summed E-state index contributed by atoms with van der Waals surface area (Å²) in [5.41, 5.74) is 5.64. The van der Waals surface area contributed by atoms with Crippen molar-refractivity contribution in [2.24, 2.45) is 0 Å². The van der Waals surface area contributed by atoms with E-state index in [2.05, 4.69) is 24.7 Å². The summed E-state index contributed by atoms with van der Waals surface area (Å²) in [4.78, 5) is 24.3. The average molecular weight is 434 g/mol. The lowest BCUT2D eigenvalue weighted by Gasteiger charge is -2.15. The van der Waals surface area contributed by atoms with E-state index in [0.717, 1.165) is 16.3 Å². The zero-order valence-electron chi connectivity index (χ0n) is 17.5. The molecule has 0 saturated carbocycles. The van der Waals surface area contributed by atoms with E-state index in [9.17, 15) is 18.0 Å². The molecule has 0 heterocycles. The van der Waals surface area contributed by atoms with E-state index >= 15 is 0 Å². The molecule has 0 spiro atoms. The second kappa shape index (κ2) is 10.2. The predicted molar refractivity (Wildman–Crippen MR) is 114 cm³/mol. The molecule has 1 unspecified atom stereocenters. The minimum Gasteiger partial charge on any atom is -0.483 e. The Balaban J connectivity index is 1.96. The number of rotatable bonds is 8. The van der Waals surface area contributed by atoms with E-state index in [0.29, 0.717) is 5.75 Å². The van der Waals surface area contributed by atoms with Crippen LogP contribution in [0.3, 0.4) is 0 Å². The molecule has 2 amide bonds. The molecule has 0 fully saturated rings. The van der Waals surface area contributed by atoms with Crippen LogP contribution in [-0.2, 0) is 14.8 Å². The molecule has 0 aliphatic heterocycles. The van der Waals surface area contributed by atoms with Gasteiger partial charge in [-0.2, -0.15) is 0 Å². The highest BCUT2D eigenvalue weighted by atomic mass is 32.2. The Kier molecular flexibility index (Phi) is 7.96. The molecular formula is C21H27N3O5S. The van der Waals surface area contributed by atoms with Gasteiger partial charge < -0.3 is 4.74 Å². The summed E-state index contributed by atoms with van der Waals surface area (Å²) in [6.45, 7) is 3.87. The molecule has 2 aromatic rings. The number of para-hydroxylation sites is 1. The summed E-state index contributed by atoms with van der Waals surface area (Å²) >= 11 is 0. The number of hydrogen-bond acceptors (Lipinski definition) is 5. The Morgan fingerprint density at radius 3 is 2.43 bits per heavy atom. The molecule has 162 valence electrons. The fourth-order valence-electron chi connectivity index (χ4n) is 2.63. The molecule has 0 radical (unpaired) electrons. The number of hydrogen-bond donors (Lipinski definition) is 2. The van der Waals surface area contributed by atoms with Gasteiger partial charge in [-0.05, 0) is 42.2 Å². The number of nitrogens with zero attached hydrogens (tertiary/aromatic N) is 1. The first kappa shape index (κ1) is 23.4. The SMILES string of the molecule is CCC(C)c1ccccc1OCC(=O)NNC(=O)c1cccc(S(=O)(=O)N(C)C)c1. The number of hydrazine groups is 1. The van der Waals surface area contributed by atoms with E-state index in [-0.39, 0.29) is 23.0 Å². The van der Waals surface area contributed by atoms with Gasteiger partial charge in [-0.25, -0.2) is 12.7 Å². The van der Waals surface area contributed by atoms with Crippen molar-refractivity contribution in [2.45, 2.75) is 31.1 Å². The van der Waals surface area contributed by atoms with Gasteiger partial charge in [0.2, 0.25) is 10.0 Å². The van der Waals surface area contributed by atoms with E-state index in [1.54, 1.807) is 6.07 Å². The Hall–Kier alpha value is -2.91. The van der Waals surface area contributed by atoms with Gasteiger partial charge in [0.1, 0.15) is 5.75 Å². The monoisotopic (exact) mass is 433 g/mol. The maximum atomic E-state index is 12.3. The lowest BCUT2D eigenvalue weighted by Crippen LogP contribution is -2.43. The van der Waals surface area contributed by atoms with Crippen molar-refractivity contribution in [3.8, 4) is 5.75 Å². The van der Waals surface area contributed by atoms with Crippen molar-refractivity contribution in [1.29, 1.82) is 0 Å². The van der Waals surface area contributed by atoms with Crippen LogP contribution < -0.4 is 15.6 Å². The molecule has 2 N–H and O–H groups in total. The summed E-state index contributed by atoms with van der Waals surface area (Å²) < 4.78 is 31.1. The Morgan fingerprint density at radius 2 is 1.77 bits per heavy atom. The highest BCUT2D eigenvalue weighted by Crippen LogP contribution is 2.28. The first-order valence-electron chi connectivity index (χ1n) is 9.50. The number of amides is 2. The number of ether oxygens (including phenoxy) is 1. The van der Waals surface area contributed by atoms with Gasteiger partial charge in [0.15, 0.2) is 6.61 Å². The van der Waals surface area contributed by atoms with Crippen LogP contribution in [0, 0.1) is 0 Å². The van der Waals surface area contributed by atoms with E-state index in [1.807, 2.05) is 18.2 Å². The second-order valence-corrected chi connectivity index (χ2v) is 9.11. The van der Waals surface area contributed by atoms with E-state index in [4.69, 9.17) is 4.74 Å². The fourth-order valence-corrected chi connectivity index (χ4v) is 3.57. The van der Waals surface area contributed by atoms with Gasteiger partial charge in [-0.3, -0.25) is 20.4 Å². The first-order chi connectivity index (χ1) is 14.2. The van der Waals surface area contributed by atoms with Crippen molar-refractivity contribution < 1.29 is 22.7 Å². The molecule has 8 nitrogen and oxygen atoms in total. The van der Waals surface area contributed by atoms with Crippen molar-refractivity contribution in [2.75, 3.05) is 20.7 Å². The lowest BCUT2D eigenvalue weighted by molar-refractivity contribution is -0.123. The zero-order chi connectivity index (χ0) is 22.3. The van der Waals surface area contributed by atoms with Crippen LogP contribution in [0.25, 0.3) is 0 Å². The Morgan fingerprint density at radius 1 is 1.07 bits per heavy atom. The third-order valence-corrected chi connectivity index (χ3v) is 6.42. The van der Waals surface area contributed by atoms with Crippen molar-refractivity contribution >= 4 is 21.8 Å².